The summed E-state index contributed by atoms with van der Waals surface area (Å²) < 4.78 is 85.4. The van der Waals surface area contributed by atoms with E-state index in [0.29, 0.717) is 40.8 Å². The Bertz CT molecular complexity index is 2810. The second kappa shape index (κ2) is 17.8. The fourth-order valence-corrected chi connectivity index (χ4v) is 9.57. The van der Waals surface area contributed by atoms with Gasteiger partial charge in [0.15, 0.2) is 11.6 Å². The monoisotopic (exact) mass is 973 g/mol. The zero-order chi connectivity index (χ0) is 42.9. The van der Waals surface area contributed by atoms with Gasteiger partial charge in [-0.05, 0) is 117 Å². The Morgan fingerprint density at radius 1 is 0.984 bits per heavy atom. The predicted octanol–water partition coefficient (Wildman–Crippen LogP) is 11.8. The molecule has 316 valence electrons. The van der Waals surface area contributed by atoms with Gasteiger partial charge in [0.1, 0.15) is 17.8 Å². The highest BCUT2D eigenvalue weighted by Gasteiger charge is 2.27. The van der Waals surface area contributed by atoms with E-state index in [1.165, 1.54) is 36.5 Å². The van der Waals surface area contributed by atoms with E-state index in [0.717, 1.165) is 44.9 Å². The molecule has 0 saturated carbocycles. The third kappa shape index (κ3) is 9.17. The largest absolute Gasteiger partial charge is 0.454 e. The van der Waals surface area contributed by atoms with Gasteiger partial charge in [-0.2, -0.15) is 10.2 Å². The van der Waals surface area contributed by atoms with Gasteiger partial charge in [-0.15, -0.1) is 6.58 Å². The molecule has 0 bridgehead atoms. The minimum atomic E-state index is -4.12. The zero-order valence-corrected chi connectivity index (χ0v) is 37.5. The van der Waals surface area contributed by atoms with Crippen LogP contribution in [0.2, 0.25) is 0 Å². The first-order valence-corrected chi connectivity index (χ1v) is 22.9. The van der Waals surface area contributed by atoms with Crippen molar-refractivity contribution in [3.8, 4) is 22.8 Å². The Morgan fingerprint density at radius 2 is 1.80 bits per heavy atom. The summed E-state index contributed by atoms with van der Waals surface area (Å²) in [7, 11) is -4.12. The van der Waals surface area contributed by atoms with Gasteiger partial charge >= 0.3 is 0 Å². The Hall–Kier alpha value is -4.93. The normalized spacial score (nSPS) is 15.3. The van der Waals surface area contributed by atoms with E-state index in [4.69, 9.17) is 14.2 Å². The Morgan fingerprint density at radius 3 is 2.56 bits per heavy atom. The second-order valence-electron chi connectivity index (χ2n) is 15.4. The number of hydrogen-bond donors (Lipinski definition) is 0. The molecule has 0 spiro atoms. The molecule has 2 atom stereocenters. The fraction of sp³-hybridized carbons (Fsp3) is 0.261. The smallest absolute Gasteiger partial charge is 0.268 e. The van der Waals surface area contributed by atoms with Crippen LogP contribution in [0.3, 0.4) is 0 Å². The fourth-order valence-electron chi connectivity index (χ4n) is 7.55. The van der Waals surface area contributed by atoms with Gasteiger partial charge in [-0.3, -0.25) is 4.68 Å². The number of halogens is 4. The maximum Gasteiger partial charge on any atom is 0.268 e. The molecule has 8 rings (SSSR count). The first kappa shape index (κ1) is 42.7. The lowest BCUT2D eigenvalue weighted by atomic mass is 10.0. The molecule has 4 aromatic carbocycles. The molecule has 1 aliphatic rings. The third-order valence-electron chi connectivity index (χ3n) is 10.8. The van der Waals surface area contributed by atoms with Crippen molar-refractivity contribution in [3.63, 3.8) is 0 Å². The van der Waals surface area contributed by atoms with Crippen molar-refractivity contribution in [1.82, 2.24) is 23.5 Å². The Labute approximate surface area is 370 Å². The van der Waals surface area contributed by atoms with Crippen molar-refractivity contribution in [2.24, 2.45) is 0 Å². The molecule has 10 nitrogen and oxygen atoms in total. The molecular weight excluding hydrogens is 932 g/mol. The molecule has 15 heteroatoms. The quantitative estimate of drug-likeness (QED) is 0.0943. The highest BCUT2D eigenvalue weighted by atomic mass is 79.9. The molecule has 1 saturated heterocycles. The molecule has 1 aliphatic heterocycles. The number of fused-ring (bicyclic) bond motifs is 1. The molecule has 2 unspecified atom stereocenters. The van der Waals surface area contributed by atoms with Crippen LogP contribution in [0.5, 0.6) is 11.5 Å². The average molecular weight is 976 g/mol. The molecule has 0 aliphatic carbocycles. The molecule has 3 aromatic heterocycles. The minimum Gasteiger partial charge on any atom is -0.454 e. The van der Waals surface area contributed by atoms with Crippen LogP contribution in [0.15, 0.2) is 136 Å². The van der Waals surface area contributed by atoms with Crippen molar-refractivity contribution in [2.75, 3.05) is 13.2 Å². The van der Waals surface area contributed by atoms with Gasteiger partial charge in [-0.1, -0.05) is 50.1 Å². The highest BCUT2D eigenvalue weighted by Crippen LogP contribution is 2.40. The number of nitrogens with zero attached hydrogens (tertiary/aromatic N) is 5. The number of rotatable bonds is 15. The Kier molecular flexibility index (Phi) is 12.5. The summed E-state index contributed by atoms with van der Waals surface area (Å²) in [6.07, 6.45) is 11.5. The predicted molar refractivity (Wildman–Crippen MR) is 237 cm³/mol. The van der Waals surface area contributed by atoms with Gasteiger partial charge in [0.25, 0.3) is 10.0 Å². The van der Waals surface area contributed by atoms with Crippen molar-refractivity contribution >= 4 is 52.8 Å². The van der Waals surface area contributed by atoms with Gasteiger partial charge < -0.3 is 14.2 Å². The summed E-state index contributed by atoms with van der Waals surface area (Å²) in [5.41, 5.74) is 2.29. The lowest BCUT2D eigenvalue weighted by Crippen LogP contribution is -2.24. The second-order valence-corrected chi connectivity index (χ2v) is 19.1. The first-order valence-electron chi connectivity index (χ1n) is 19.8. The van der Waals surface area contributed by atoms with Crippen LogP contribution in [-0.2, 0) is 25.9 Å². The van der Waals surface area contributed by atoms with E-state index < -0.39 is 27.3 Å². The van der Waals surface area contributed by atoms with E-state index in [-0.39, 0.29) is 46.2 Å². The summed E-state index contributed by atoms with van der Waals surface area (Å²) in [6.45, 7) is 8.74. The number of benzene rings is 4. The maximum atomic E-state index is 16.7. The SMILES string of the molecule is C=CC(C)(C)OCCC(c1cccc(Br)c1)n1nccc1-c1cc(Oc2c(F)cc3c(ccn3S(=O)(=O)c3ccc(Br)cc3)c2Cc2cnn(C3CCCCO3)c2)ccc1F. The van der Waals surface area contributed by atoms with Gasteiger partial charge in [0.05, 0.1) is 40.6 Å². The summed E-state index contributed by atoms with van der Waals surface area (Å²) >= 11 is 6.95. The van der Waals surface area contributed by atoms with Crippen LogP contribution in [0.1, 0.15) is 68.5 Å². The average Bonchev–Trinajstić information content (AvgIpc) is 4.03. The number of hydrogen-bond acceptors (Lipinski definition) is 7. The van der Waals surface area contributed by atoms with Crippen LogP contribution in [0.4, 0.5) is 8.78 Å². The van der Waals surface area contributed by atoms with Gasteiger partial charge in [0.2, 0.25) is 0 Å². The van der Waals surface area contributed by atoms with E-state index in [2.05, 4.69) is 48.6 Å². The summed E-state index contributed by atoms with van der Waals surface area (Å²) in [5.74, 6) is -1.31. The molecule has 61 heavy (non-hydrogen) atoms. The summed E-state index contributed by atoms with van der Waals surface area (Å²) in [5, 5.41) is 9.69. The molecule has 0 radical (unpaired) electrons. The maximum absolute atomic E-state index is 16.7. The molecule has 0 N–H and O–H groups in total. The summed E-state index contributed by atoms with van der Waals surface area (Å²) in [6, 6.07) is 22.5. The van der Waals surface area contributed by atoms with Gasteiger partial charge in [-0.25, -0.2) is 25.9 Å². The van der Waals surface area contributed by atoms with Crippen molar-refractivity contribution in [2.45, 2.75) is 68.7 Å². The van der Waals surface area contributed by atoms with Crippen LogP contribution in [-0.4, -0.2) is 50.8 Å². The lowest BCUT2D eigenvalue weighted by Gasteiger charge is -2.25. The van der Waals surface area contributed by atoms with E-state index in [1.807, 2.05) is 44.3 Å². The summed E-state index contributed by atoms with van der Waals surface area (Å²) in [4.78, 5) is 0.0394. The van der Waals surface area contributed by atoms with Crippen LogP contribution in [0.25, 0.3) is 22.2 Å². The molecule has 1 fully saturated rings. The van der Waals surface area contributed by atoms with Crippen molar-refractivity contribution in [3.05, 3.63) is 160 Å². The topological polar surface area (TPSA) is 102 Å². The molecule has 0 amide bonds. The van der Waals surface area contributed by atoms with Crippen molar-refractivity contribution in [1.29, 1.82) is 0 Å². The molecule has 4 heterocycles. The Balaban J connectivity index is 1.19. The zero-order valence-electron chi connectivity index (χ0n) is 33.5. The van der Waals surface area contributed by atoms with E-state index in [9.17, 15) is 8.42 Å². The first-order chi connectivity index (χ1) is 29.3. The van der Waals surface area contributed by atoms with Gasteiger partial charge in [0, 0.05) is 63.1 Å². The van der Waals surface area contributed by atoms with Crippen LogP contribution < -0.4 is 4.74 Å². The van der Waals surface area contributed by atoms with Crippen LogP contribution >= 0.6 is 31.9 Å². The van der Waals surface area contributed by atoms with Crippen molar-refractivity contribution < 1.29 is 31.4 Å². The lowest BCUT2D eigenvalue weighted by molar-refractivity contribution is -0.0395. The standard InChI is InChI=1S/C46H43Br2F2N5O5S/c1-4-46(2,3)59-23-19-41(31-8-7-9-33(48)25-31)55-42(17-20-51-55)38-26-34(13-16-39(38)49)60-45-37(24-30-28-52-53(29-30)44-10-5-6-22-58-44)36-18-21-54(43(36)27-40(45)50)61(56,57)35-14-11-32(47)12-15-35/h4,7-9,11-18,20-21,25-29,41,44H,1,5-6,10,19,22-24H2,2-3H3. The third-order valence-corrected chi connectivity index (χ3v) is 13.5. The van der Waals surface area contributed by atoms with E-state index >= 15 is 8.78 Å². The van der Waals surface area contributed by atoms with Crippen LogP contribution in [0, 0.1) is 11.6 Å². The van der Waals surface area contributed by atoms with E-state index in [1.54, 1.807) is 52.1 Å². The highest BCUT2D eigenvalue weighted by molar-refractivity contribution is 9.10. The molecular formula is C46H43Br2F2N5O5S. The number of ether oxygens (including phenoxy) is 3. The molecule has 7 aromatic rings. The number of aromatic nitrogens is 5. The minimum absolute atomic E-state index is 0.0394.